The number of fused-ring (bicyclic) bond motifs is 7. The van der Waals surface area contributed by atoms with Gasteiger partial charge in [0.2, 0.25) is 0 Å². The molecule has 7 aliphatic rings. The molecule has 0 N–H and O–H groups in total. The fourth-order valence-electron chi connectivity index (χ4n) is 14.4. The molecule has 0 aliphatic heterocycles. The van der Waals surface area contributed by atoms with Gasteiger partial charge in [-0.3, -0.25) is 0 Å². The van der Waals surface area contributed by atoms with Gasteiger partial charge in [0.25, 0.3) is 0 Å². The van der Waals surface area contributed by atoms with Crippen molar-refractivity contribution in [2.75, 3.05) is 4.90 Å². The first-order chi connectivity index (χ1) is 28.0. The number of hydrogen-bond donors (Lipinski definition) is 0. The molecule has 0 amide bonds. The third-order valence-corrected chi connectivity index (χ3v) is 16.9. The Morgan fingerprint density at radius 3 is 1.76 bits per heavy atom. The lowest BCUT2D eigenvalue weighted by Gasteiger charge is -2.61. The van der Waals surface area contributed by atoms with Crippen LogP contribution in [-0.2, 0) is 21.7 Å². The summed E-state index contributed by atoms with van der Waals surface area (Å²) in [6.07, 6.45) is 9.37. The highest BCUT2D eigenvalue weighted by molar-refractivity contribution is 5.95. The summed E-state index contributed by atoms with van der Waals surface area (Å²) in [5.74, 6) is 3.19. The molecule has 0 radical (unpaired) electrons. The van der Waals surface area contributed by atoms with Crippen LogP contribution >= 0.6 is 0 Å². The summed E-state index contributed by atoms with van der Waals surface area (Å²) in [4.78, 5) is 2.70. The molecule has 4 fully saturated rings. The molecule has 4 bridgehead atoms. The van der Waals surface area contributed by atoms with Crippen molar-refractivity contribution in [1.82, 2.24) is 0 Å². The molecule has 1 heteroatoms. The zero-order valence-electron chi connectivity index (χ0n) is 35.3. The van der Waals surface area contributed by atoms with E-state index in [2.05, 4.69) is 174 Å². The number of benzene rings is 6. The minimum atomic E-state index is -0.0805. The van der Waals surface area contributed by atoms with Crippen molar-refractivity contribution in [3.63, 3.8) is 0 Å². The van der Waals surface area contributed by atoms with E-state index in [-0.39, 0.29) is 21.7 Å². The molecule has 290 valence electrons. The van der Waals surface area contributed by atoms with Gasteiger partial charge >= 0.3 is 0 Å². The van der Waals surface area contributed by atoms with Gasteiger partial charge in [0.1, 0.15) is 0 Å². The van der Waals surface area contributed by atoms with Crippen molar-refractivity contribution in [2.24, 2.45) is 23.7 Å². The third-order valence-electron chi connectivity index (χ3n) is 16.9. The Labute approximate surface area is 346 Å². The summed E-state index contributed by atoms with van der Waals surface area (Å²) in [6.45, 7) is 14.8. The average molecular weight is 756 g/mol. The van der Waals surface area contributed by atoms with Gasteiger partial charge < -0.3 is 4.90 Å². The van der Waals surface area contributed by atoms with Gasteiger partial charge in [-0.25, -0.2) is 0 Å². The summed E-state index contributed by atoms with van der Waals surface area (Å²) in [6, 6.07) is 50.1. The Kier molecular flexibility index (Phi) is 7.18. The largest absolute Gasteiger partial charge is 0.310 e. The second-order valence-corrected chi connectivity index (χ2v) is 21.2. The molecule has 0 saturated heterocycles. The number of nitrogens with zero attached hydrogens (tertiary/aromatic N) is 1. The molecule has 13 rings (SSSR count). The van der Waals surface area contributed by atoms with Crippen LogP contribution in [0.5, 0.6) is 0 Å². The second kappa shape index (κ2) is 11.9. The smallest absolute Gasteiger partial charge is 0.0502 e. The van der Waals surface area contributed by atoms with E-state index in [0.717, 1.165) is 11.8 Å². The number of anilines is 3. The lowest BCUT2D eigenvalue weighted by molar-refractivity contribution is -0.0399. The molecule has 4 saturated carbocycles. The first-order valence-electron chi connectivity index (χ1n) is 22.5. The Morgan fingerprint density at radius 2 is 1.02 bits per heavy atom. The molecule has 7 aliphatic carbocycles. The third kappa shape index (κ3) is 4.60. The Bertz CT molecular complexity index is 2640. The van der Waals surface area contributed by atoms with Gasteiger partial charge in [-0.2, -0.15) is 0 Å². The summed E-state index contributed by atoms with van der Waals surface area (Å²) in [7, 11) is 0. The molecule has 6 aromatic rings. The van der Waals surface area contributed by atoms with Crippen LogP contribution in [0.3, 0.4) is 0 Å². The predicted molar refractivity (Wildman–Crippen MR) is 243 cm³/mol. The van der Waals surface area contributed by atoms with Crippen LogP contribution in [0, 0.1) is 23.7 Å². The molecule has 0 heterocycles. The lowest BCUT2D eigenvalue weighted by Crippen LogP contribution is -2.55. The van der Waals surface area contributed by atoms with Gasteiger partial charge in [-0.05, 0) is 177 Å². The zero-order valence-corrected chi connectivity index (χ0v) is 35.3. The van der Waals surface area contributed by atoms with Crippen molar-refractivity contribution in [3.8, 4) is 33.4 Å². The molecule has 6 aromatic carbocycles. The van der Waals surface area contributed by atoms with Crippen LogP contribution in [0.15, 0.2) is 127 Å². The summed E-state index contributed by atoms with van der Waals surface area (Å²) >= 11 is 0. The van der Waals surface area contributed by atoms with Crippen LogP contribution in [0.4, 0.5) is 17.1 Å². The van der Waals surface area contributed by atoms with E-state index in [1.807, 2.05) is 0 Å². The van der Waals surface area contributed by atoms with Crippen LogP contribution in [0.25, 0.3) is 33.4 Å². The van der Waals surface area contributed by atoms with Crippen LogP contribution in [0.2, 0.25) is 0 Å². The second-order valence-electron chi connectivity index (χ2n) is 21.2. The maximum Gasteiger partial charge on any atom is 0.0502 e. The molecule has 0 aromatic heterocycles. The van der Waals surface area contributed by atoms with Crippen molar-refractivity contribution in [1.29, 1.82) is 0 Å². The minimum Gasteiger partial charge on any atom is -0.310 e. The molecule has 0 atom stereocenters. The average Bonchev–Trinajstić information content (AvgIpc) is 3.64. The summed E-state index contributed by atoms with van der Waals surface area (Å²) < 4.78 is 0. The van der Waals surface area contributed by atoms with Crippen molar-refractivity contribution < 1.29 is 0 Å². The molecular weight excluding hydrogens is 699 g/mol. The fourth-order valence-corrected chi connectivity index (χ4v) is 14.4. The zero-order chi connectivity index (χ0) is 39.3. The quantitative estimate of drug-likeness (QED) is 0.173. The highest BCUT2D eigenvalue weighted by Gasteiger charge is 2.62. The Balaban J connectivity index is 1.13. The highest BCUT2D eigenvalue weighted by Crippen LogP contribution is 2.70. The monoisotopic (exact) mass is 755 g/mol. The van der Waals surface area contributed by atoms with Gasteiger partial charge in [0, 0.05) is 22.2 Å². The van der Waals surface area contributed by atoms with E-state index in [0.29, 0.717) is 11.8 Å². The first kappa shape index (κ1) is 35.1. The van der Waals surface area contributed by atoms with E-state index < -0.39 is 0 Å². The summed E-state index contributed by atoms with van der Waals surface area (Å²) in [5, 5.41) is 0. The standard InChI is InChI=1S/C57H57N/c1-54(2)26-27-55(3,4)53-48(54)20-13-21-51(53)58(40-22-24-44-43-16-10-11-18-46(43)56(5,6)49(44)33-40)41-23-25-45-50(34-41)57(38-29-35-28-36(31-38)32-39(57)30-35)47-19-12-17-42(52(45)47)37-14-8-7-9-15-37/h7-25,33-36,38-39H,26-32H2,1-6H3. The van der Waals surface area contributed by atoms with E-state index in [4.69, 9.17) is 0 Å². The van der Waals surface area contributed by atoms with Crippen LogP contribution in [-0.4, -0.2) is 0 Å². The fraction of sp³-hybridized carbons (Fsp3) is 0.368. The SMILES string of the molecule is CC1(C)CCC(C)(C)c2c(N(c3ccc4c(c3)C(C)(C)c3ccccc3-4)c3ccc4c(c3)C3(c5cccc(-c6ccccc6)c5-4)C4CC5CC(C4)CC3C5)cccc21. The minimum absolute atomic E-state index is 0.0477. The van der Waals surface area contributed by atoms with Crippen molar-refractivity contribution in [2.45, 2.75) is 108 Å². The van der Waals surface area contributed by atoms with Crippen molar-refractivity contribution >= 4 is 17.1 Å². The molecule has 1 spiro atoms. The molecule has 0 unspecified atom stereocenters. The van der Waals surface area contributed by atoms with E-state index in [1.54, 1.807) is 11.1 Å². The molecular formula is C57H57N. The van der Waals surface area contributed by atoms with Gasteiger partial charge in [0.05, 0.1) is 5.69 Å². The molecule has 58 heavy (non-hydrogen) atoms. The van der Waals surface area contributed by atoms with E-state index in [1.165, 1.54) is 118 Å². The lowest BCUT2D eigenvalue weighted by atomic mass is 9.43. The van der Waals surface area contributed by atoms with E-state index in [9.17, 15) is 0 Å². The maximum atomic E-state index is 2.72. The number of hydrogen-bond acceptors (Lipinski definition) is 1. The van der Waals surface area contributed by atoms with Gasteiger partial charge in [0.15, 0.2) is 0 Å². The topological polar surface area (TPSA) is 3.24 Å². The van der Waals surface area contributed by atoms with Crippen LogP contribution < -0.4 is 4.90 Å². The van der Waals surface area contributed by atoms with Gasteiger partial charge in [-0.15, -0.1) is 0 Å². The normalized spacial score (nSPS) is 26.8. The number of rotatable bonds is 4. The van der Waals surface area contributed by atoms with Crippen molar-refractivity contribution in [3.05, 3.63) is 161 Å². The van der Waals surface area contributed by atoms with E-state index >= 15 is 0 Å². The van der Waals surface area contributed by atoms with Crippen LogP contribution in [0.1, 0.15) is 120 Å². The first-order valence-corrected chi connectivity index (χ1v) is 22.5. The highest BCUT2D eigenvalue weighted by atomic mass is 15.1. The predicted octanol–water partition coefficient (Wildman–Crippen LogP) is 15.2. The Morgan fingerprint density at radius 1 is 0.448 bits per heavy atom. The van der Waals surface area contributed by atoms with Gasteiger partial charge in [-0.1, -0.05) is 139 Å². The molecule has 1 nitrogen and oxygen atoms in total. The summed E-state index contributed by atoms with van der Waals surface area (Å²) in [5.41, 5.74) is 21.7. The maximum absolute atomic E-state index is 2.72. The Hall–Kier alpha value is -4.88.